The fourth-order valence-electron chi connectivity index (χ4n) is 4.49. The normalized spacial score (nSPS) is 14.4. The van der Waals surface area contributed by atoms with Gasteiger partial charge in [-0.25, -0.2) is 9.69 Å². The third-order valence-electron chi connectivity index (χ3n) is 6.26. The van der Waals surface area contributed by atoms with Gasteiger partial charge in [0.15, 0.2) is 0 Å². The lowest BCUT2D eigenvalue weighted by Crippen LogP contribution is -2.38. The molecule has 0 unspecified atom stereocenters. The van der Waals surface area contributed by atoms with Crippen molar-refractivity contribution in [3.05, 3.63) is 89.5 Å². The number of benzene rings is 2. The topological polar surface area (TPSA) is 106 Å². The summed E-state index contributed by atoms with van der Waals surface area (Å²) in [6.07, 6.45) is 3.40. The van der Waals surface area contributed by atoms with E-state index in [1.807, 2.05) is 44.2 Å². The highest BCUT2D eigenvalue weighted by Gasteiger charge is 2.35. The first-order valence-electron chi connectivity index (χ1n) is 11.7. The molecule has 2 aromatic carbocycles. The molecule has 0 spiro atoms. The Morgan fingerprint density at radius 2 is 1.89 bits per heavy atom. The summed E-state index contributed by atoms with van der Waals surface area (Å²) in [6.45, 7) is 3.50. The van der Waals surface area contributed by atoms with Crippen molar-refractivity contribution < 1.29 is 19.1 Å². The number of urea groups is 1. The summed E-state index contributed by atoms with van der Waals surface area (Å²) in [4.78, 5) is 43.4. The number of hydrogen-bond donors (Lipinski definition) is 2. The van der Waals surface area contributed by atoms with E-state index >= 15 is 0 Å². The number of carbonyl (C=O) groups is 3. The number of methoxy groups -OCH3 is 1. The van der Waals surface area contributed by atoms with Crippen LogP contribution in [0.1, 0.15) is 17.0 Å². The third kappa shape index (κ3) is 4.54. The number of imide groups is 1. The van der Waals surface area contributed by atoms with Crippen LogP contribution in [0.3, 0.4) is 0 Å². The van der Waals surface area contributed by atoms with Crippen molar-refractivity contribution in [2.24, 2.45) is 0 Å². The number of aryl methyl sites for hydroxylation is 1. The largest absolute Gasteiger partial charge is 0.495 e. The second kappa shape index (κ2) is 9.62. The monoisotopic (exact) mass is 495 g/mol. The zero-order chi connectivity index (χ0) is 26.1. The molecule has 0 bridgehead atoms. The first-order chi connectivity index (χ1) is 17.9. The van der Waals surface area contributed by atoms with E-state index in [4.69, 9.17) is 4.74 Å². The van der Waals surface area contributed by atoms with Gasteiger partial charge in [-0.05, 0) is 68.0 Å². The lowest BCUT2D eigenvalue weighted by atomic mass is 10.2. The van der Waals surface area contributed by atoms with Crippen LogP contribution < -0.4 is 15.4 Å². The molecule has 9 heteroatoms. The SMILES string of the molecule is COc1ccccc1NC(=O)CN1C(=O)N/C(=C/c2cc(C)n(-c3ccc4ncccc4c3)c2C)C1=O. The number of para-hydroxylation sites is 2. The minimum atomic E-state index is -0.651. The van der Waals surface area contributed by atoms with Crippen molar-refractivity contribution in [1.29, 1.82) is 0 Å². The maximum Gasteiger partial charge on any atom is 0.329 e. The summed E-state index contributed by atoms with van der Waals surface area (Å²) in [5.41, 5.74) is 5.10. The maximum absolute atomic E-state index is 13.0. The van der Waals surface area contributed by atoms with Crippen LogP contribution in [-0.4, -0.2) is 46.0 Å². The zero-order valence-corrected chi connectivity index (χ0v) is 20.6. The van der Waals surface area contributed by atoms with E-state index in [1.54, 1.807) is 36.5 Å². The molecule has 0 aliphatic carbocycles. The highest BCUT2D eigenvalue weighted by molar-refractivity contribution is 6.16. The van der Waals surface area contributed by atoms with Gasteiger partial charge < -0.3 is 19.9 Å². The smallest absolute Gasteiger partial charge is 0.329 e. The number of fused-ring (bicyclic) bond motifs is 1. The number of anilines is 1. The summed E-state index contributed by atoms with van der Waals surface area (Å²) in [6, 6.07) is 18.1. The average molecular weight is 496 g/mol. The van der Waals surface area contributed by atoms with Gasteiger partial charge in [-0.15, -0.1) is 0 Å². The van der Waals surface area contributed by atoms with Gasteiger partial charge in [0.2, 0.25) is 5.91 Å². The Labute approximate surface area is 213 Å². The summed E-state index contributed by atoms with van der Waals surface area (Å²) in [5.74, 6) is -0.605. The Bertz CT molecular complexity index is 1590. The molecule has 1 aliphatic heterocycles. The van der Waals surface area contributed by atoms with Gasteiger partial charge in [-0.2, -0.15) is 0 Å². The van der Waals surface area contributed by atoms with Gasteiger partial charge in [-0.1, -0.05) is 18.2 Å². The lowest BCUT2D eigenvalue weighted by Gasteiger charge is -2.13. The Balaban J connectivity index is 1.37. The van der Waals surface area contributed by atoms with E-state index in [1.165, 1.54) is 7.11 Å². The summed E-state index contributed by atoms with van der Waals surface area (Å²) >= 11 is 0. The summed E-state index contributed by atoms with van der Waals surface area (Å²) in [7, 11) is 1.49. The molecule has 3 heterocycles. The van der Waals surface area contributed by atoms with Crippen LogP contribution in [0.2, 0.25) is 0 Å². The first-order valence-corrected chi connectivity index (χ1v) is 11.7. The van der Waals surface area contributed by atoms with Crippen LogP contribution >= 0.6 is 0 Å². The van der Waals surface area contributed by atoms with Crippen LogP contribution in [0.15, 0.2) is 72.6 Å². The van der Waals surface area contributed by atoms with Crippen molar-refractivity contribution in [3.8, 4) is 11.4 Å². The molecule has 1 fully saturated rings. The van der Waals surface area contributed by atoms with Crippen LogP contribution in [-0.2, 0) is 9.59 Å². The van der Waals surface area contributed by atoms with E-state index in [0.29, 0.717) is 11.4 Å². The van der Waals surface area contributed by atoms with E-state index in [-0.39, 0.29) is 5.70 Å². The Morgan fingerprint density at radius 1 is 1.08 bits per heavy atom. The second-order valence-electron chi connectivity index (χ2n) is 8.67. The molecule has 4 aromatic rings. The van der Waals surface area contributed by atoms with Gasteiger partial charge in [-0.3, -0.25) is 14.6 Å². The number of aromatic nitrogens is 2. The minimum Gasteiger partial charge on any atom is -0.495 e. The molecule has 1 aliphatic rings. The first kappa shape index (κ1) is 23.8. The third-order valence-corrected chi connectivity index (χ3v) is 6.26. The van der Waals surface area contributed by atoms with E-state index in [2.05, 4.69) is 26.3 Å². The molecule has 186 valence electrons. The number of rotatable bonds is 6. The Kier molecular flexibility index (Phi) is 6.19. The molecule has 0 radical (unpaired) electrons. The van der Waals surface area contributed by atoms with Gasteiger partial charge in [0.25, 0.3) is 5.91 Å². The molecule has 1 saturated heterocycles. The summed E-state index contributed by atoms with van der Waals surface area (Å²) < 4.78 is 7.31. The van der Waals surface area contributed by atoms with Crippen molar-refractivity contribution in [2.45, 2.75) is 13.8 Å². The molecule has 2 aromatic heterocycles. The number of nitrogens with one attached hydrogen (secondary N) is 2. The predicted octanol–water partition coefficient (Wildman–Crippen LogP) is 4.18. The van der Waals surface area contributed by atoms with Crippen molar-refractivity contribution in [3.63, 3.8) is 0 Å². The van der Waals surface area contributed by atoms with Crippen LogP contribution in [0.5, 0.6) is 5.75 Å². The second-order valence-corrected chi connectivity index (χ2v) is 8.67. The molecule has 0 atom stereocenters. The summed E-state index contributed by atoms with van der Waals surface area (Å²) in [5, 5.41) is 6.29. The fraction of sp³-hybridized carbons (Fsp3) is 0.143. The van der Waals surface area contributed by atoms with Crippen LogP contribution in [0.25, 0.3) is 22.7 Å². The van der Waals surface area contributed by atoms with Crippen LogP contribution in [0.4, 0.5) is 10.5 Å². The van der Waals surface area contributed by atoms with Gasteiger partial charge in [0, 0.05) is 28.7 Å². The highest BCUT2D eigenvalue weighted by atomic mass is 16.5. The van der Waals surface area contributed by atoms with Crippen LogP contribution in [0, 0.1) is 13.8 Å². The Hall–Kier alpha value is -4.92. The highest BCUT2D eigenvalue weighted by Crippen LogP contribution is 2.26. The molecule has 2 N–H and O–H groups in total. The molecular weight excluding hydrogens is 470 g/mol. The molecule has 5 rings (SSSR count). The lowest BCUT2D eigenvalue weighted by molar-refractivity contribution is -0.127. The molecule has 4 amide bonds. The Morgan fingerprint density at radius 3 is 2.70 bits per heavy atom. The molecule has 9 nitrogen and oxygen atoms in total. The van der Waals surface area contributed by atoms with E-state index in [0.717, 1.165) is 38.4 Å². The number of pyridine rings is 1. The zero-order valence-electron chi connectivity index (χ0n) is 20.6. The number of amides is 4. The molecular formula is C28H25N5O4. The van der Waals surface area contributed by atoms with Gasteiger partial charge in [0.05, 0.1) is 18.3 Å². The standard InChI is InChI=1S/C28H25N5O4/c1-17-13-20(18(2)33(17)21-10-11-22-19(14-21)7-6-12-29-22)15-24-27(35)32(28(36)31-24)16-26(34)30-23-8-4-5-9-25(23)37-3/h4-15H,16H2,1-3H3,(H,30,34)(H,31,36)/b24-15+. The minimum absolute atomic E-state index is 0.109. The van der Waals surface area contributed by atoms with Crippen molar-refractivity contribution >= 4 is 40.5 Å². The maximum atomic E-state index is 13.0. The van der Waals surface area contributed by atoms with Gasteiger partial charge in [0.1, 0.15) is 18.0 Å². The van der Waals surface area contributed by atoms with E-state index in [9.17, 15) is 14.4 Å². The molecule has 37 heavy (non-hydrogen) atoms. The van der Waals surface area contributed by atoms with Crippen molar-refractivity contribution in [1.82, 2.24) is 19.8 Å². The number of carbonyl (C=O) groups excluding carboxylic acids is 3. The molecule has 0 saturated carbocycles. The van der Waals surface area contributed by atoms with Gasteiger partial charge >= 0.3 is 6.03 Å². The number of nitrogens with zero attached hydrogens (tertiary/aromatic N) is 3. The number of ether oxygens (including phenoxy) is 1. The van der Waals surface area contributed by atoms with E-state index < -0.39 is 24.4 Å². The predicted molar refractivity (Wildman–Crippen MR) is 140 cm³/mol. The number of hydrogen-bond acceptors (Lipinski definition) is 5. The average Bonchev–Trinajstić information content (AvgIpc) is 3.32. The fourth-order valence-corrected chi connectivity index (χ4v) is 4.49. The van der Waals surface area contributed by atoms with Crippen molar-refractivity contribution in [2.75, 3.05) is 19.0 Å². The quantitative estimate of drug-likeness (QED) is 0.308.